The Hall–Kier alpha value is -0.330. The van der Waals surface area contributed by atoms with Crippen LogP contribution in [-0.4, -0.2) is 74.6 Å². The number of hydrogen-bond donors (Lipinski definition) is 6. The molecule has 0 spiro atoms. The van der Waals surface area contributed by atoms with E-state index in [1.807, 2.05) is 0 Å². The fourth-order valence-corrected chi connectivity index (χ4v) is 2.34. The third kappa shape index (κ3) is 1.83. The Balaban J connectivity index is 3.22. The molecule has 1 aliphatic heterocycles. The first-order valence-electron chi connectivity index (χ1n) is 4.16. The Bertz CT molecular complexity index is 349. The topological polar surface area (TPSA) is 165 Å². The maximum Gasteiger partial charge on any atom is 0.300 e. The van der Waals surface area contributed by atoms with Crippen LogP contribution in [0.25, 0.3) is 0 Å². The van der Waals surface area contributed by atoms with E-state index < -0.39 is 46.3 Å². The molecule has 1 saturated heterocycles. The van der Waals surface area contributed by atoms with Crippen molar-refractivity contribution in [1.29, 1.82) is 0 Å². The lowest BCUT2D eigenvalue weighted by atomic mass is 9.98. The molecule has 1 aliphatic rings. The van der Waals surface area contributed by atoms with Gasteiger partial charge in [-0.25, -0.2) is 0 Å². The Labute approximate surface area is 90.3 Å². The summed E-state index contributed by atoms with van der Waals surface area (Å²) < 4.78 is 34.9. The molecule has 0 radical (unpaired) electrons. The molecule has 0 aromatic carbocycles. The third-order valence-electron chi connectivity index (χ3n) is 2.38. The van der Waals surface area contributed by atoms with Crippen molar-refractivity contribution in [2.45, 2.75) is 29.5 Å². The fraction of sp³-hybridized carbons (Fsp3) is 1.00. The maximum atomic E-state index is 10.9. The molecule has 0 bridgehead atoms. The van der Waals surface area contributed by atoms with Crippen molar-refractivity contribution in [3.8, 4) is 0 Å². The molecule has 0 aromatic heterocycles. The third-order valence-corrected chi connectivity index (χ3v) is 3.71. The highest BCUT2D eigenvalue weighted by atomic mass is 32.2. The smallest absolute Gasteiger partial charge is 0.300 e. The van der Waals surface area contributed by atoms with Gasteiger partial charge >= 0.3 is 10.1 Å². The monoisotopic (exact) mass is 260 g/mol. The van der Waals surface area contributed by atoms with Crippen LogP contribution < -0.4 is 0 Å². The van der Waals surface area contributed by atoms with Crippen molar-refractivity contribution < 1.29 is 43.2 Å². The standard InChI is InChI=1S/C6H12O9S/c7-1-2-6(11,16(12,13)14)4(9)3(8)5(10)15-2/h2-5,7-11H,1H2,(H,12,13,14)/t2-,3-,4-,5+,6-/m1/s1. The first kappa shape index (κ1) is 13.7. The van der Waals surface area contributed by atoms with E-state index in [-0.39, 0.29) is 0 Å². The zero-order chi connectivity index (χ0) is 12.7. The highest BCUT2D eigenvalue weighted by Crippen LogP contribution is 2.32. The molecular formula is C6H12O9S. The Kier molecular flexibility index (Phi) is 3.57. The lowest BCUT2D eigenvalue weighted by Gasteiger charge is -2.43. The van der Waals surface area contributed by atoms with E-state index >= 15 is 0 Å². The highest BCUT2D eigenvalue weighted by Gasteiger charge is 2.62. The minimum atomic E-state index is -5.24. The molecular weight excluding hydrogens is 248 g/mol. The number of ether oxygens (including phenoxy) is 1. The van der Waals surface area contributed by atoms with E-state index in [4.69, 9.17) is 19.9 Å². The first-order chi connectivity index (χ1) is 7.16. The van der Waals surface area contributed by atoms with Gasteiger partial charge in [-0.1, -0.05) is 0 Å². The van der Waals surface area contributed by atoms with Crippen LogP contribution >= 0.6 is 0 Å². The van der Waals surface area contributed by atoms with Crippen LogP contribution in [0.1, 0.15) is 0 Å². The summed E-state index contributed by atoms with van der Waals surface area (Å²) in [7, 11) is -5.24. The van der Waals surface area contributed by atoms with Crippen LogP contribution in [0.3, 0.4) is 0 Å². The molecule has 0 aromatic rings. The summed E-state index contributed by atoms with van der Waals surface area (Å²) in [6, 6.07) is 0. The molecule has 16 heavy (non-hydrogen) atoms. The lowest BCUT2D eigenvalue weighted by molar-refractivity contribution is -0.299. The average molecular weight is 260 g/mol. The van der Waals surface area contributed by atoms with Gasteiger partial charge in [0.15, 0.2) is 6.29 Å². The van der Waals surface area contributed by atoms with Gasteiger partial charge in [0.25, 0.3) is 0 Å². The number of hydrogen-bond acceptors (Lipinski definition) is 8. The van der Waals surface area contributed by atoms with Gasteiger partial charge in [-0.05, 0) is 0 Å². The van der Waals surface area contributed by atoms with E-state index in [0.29, 0.717) is 0 Å². The van der Waals surface area contributed by atoms with Crippen LogP contribution in [0, 0.1) is 0 Å². The van der Waals surface area contributed by atoms with Gasteiger partial charge in [0.05, 0.1) is 6.61 Å². The molecule has 9 nitrogen and oxygen atoms in total. The largest absolute Gasteiger partial charge is 0.394 e. The van der Waals surface area contributed by atoms with Crippen molar-refractivity contribution in [3.05, 3.63) is 0 Å². The van der Waals surface area contributed by atoms with Gasteiger partial charge in [-0.2, -0.15) is 8.42 Å². The van der Waals surface area contributed by atoms with E-state index in [1.54, 1.807) is 0 Å². The van der Waals surface area contributed by atoms with Crippen LogP contribution in [0.4, 0.5) is 0 Å². The minimum absolute atomic E-state index is 1.10. The predicted molar refractivity (Wildman–Crippen MR) is 46.5 cm³/mol. The maximum absolute atomic E-state index is 10.9. The molecule has 0 aliphatic carbocycles. The molecule has 10 heteroatoms. The molecule has 1 fully saturated rings. The second-order valence-corrected chi connectivity index (χ2v) is 4.96. The predicted octanol–water partition coefficient (Wildman–Crippen LogP) is -4.01. The van der Waals surface area contributed by atoms with Crippen molar-refractivity contribution in [2.24, 2.45) is 0 Å². The summed E-state index contributed by atoms with van der Waals surface area (Å²) in [5.74, 6) is 0. The minimum Gasteiger partial charge on any atom is -0.394 e. The molecule has 6 N–H and O–H groups in total. The number of rotatable bonds is 2. The Morgan fingerprint density at radius 3 is 2.12 bits per heavy atom. The Morgan fingerprint density at radius 2 is 1.75 bits per heavy atom. The summed E-state index contributed by atoms with van der Waals surface area (Å²) in [6.45, 7) is -1.10. The van der Waals surface area contributed by atoms with Crippen molar-refractivity contribution in [3.63, 3.8) is 0 Å². The van der Waals surface area contributed by atoms with Crippen molar-refractivity contribution in [2.75, 3.05) is 6.61 Å². The summed E-state index contributed by atoms with van der Waals surface area (Å²) in [4.78, 5) is -3.31. The van der Waals surface area contributed by atoms with Gasteiger partial charge in [-0.3, -0.25) is 4.55 Å². The normalized spacial score (nSPS) is 45.6. The van der Waals surface area contributed by atoms with E-state index in [1.165, 1.54) is 0 Å². The molecule has 1 rings (SSSR count). The fourth-order valence-electron chi connectivity index (χ4n) is 1.43. The van der Waals surface area contributed by atoms with Crippen LogP contribution in [0.5, 0.6) is 0 Å². The van der Waals surface area contributed by atoms with Crippen molar-refractivity contribution >= 4 is 10.1 Å². The van der Waals surface area contributed by atoms with E-state index in [9.17, 15) is 18.6 Å². The summed E-state index contributed by atoms with van der Waals surface area (Å²) in [6.07, 6.45) is -8.55. The molecule has 0 amide bonds. The van der Waals surface area contributed by atoms with E-state index in [0.717, 1.165) is 0 Å². The number of aliphatic hydroxyl groups is 5. The second kappa shape index (κ2) is 4.16. The lowest BCUT2D eigenvalue weighted by Crippen LogP contribution is -2.69. The molecule has 5 atom stereocenters. The SMILES string of the molecule is O=S(=O)(O)[C@@]1(O)[C@H](O)[C@@H](O)[C@@H](O)O[C@@H]1CO. The van der Waals surface area contributed by atoms with Gasteiger partial charge in [0.2, 0.25) is 4.93 Å². The second-order valence-electron chi connectivity index (χ2n) is 3.36. The van der Waals surface area contributed by atoms with Gasteiger partial charge in [-0.15, -0.1) is 0 Å². The van der Waals surface area contributed by atoms with Crippen LogP contribution in [0.2, 0.25) is 0 Å². The zero-order valence-corrected chi connectivity index (χ0v) is 8.65. The van der Waals surface area contributed by atoms with Crippen molar-refractivity contribution in [1.82, 2.24) is 0 Å². The molecule has 0 saturated carbocycles. The molecule has 1 heterocycles. The summed E-state index contributed by atoms with van der Waals surface area (Å²) in [5, 5.41) is 45.8. The van der Waals surface area contributed by atoms with E-state index in [2.05, 4.69) is 4.74 Å². The number of aliphatic hydroxyl groups excluding tert-OH is 4. The quantitative estimate of drug-likeness (QED) is 0.271. The van der Waals surface area contributed by atoms with Crippen LogP contribution in [0.15, 0.2) is 0 Å². The summed E-state index contributed by atoms with van der Waals surface area (Å²) in [5.41, 5.74) is 0. The Morgan fingerprint density at radius 1 is 1.25 bits per heavy atom. The van der Waals surface area contributed by atoms with Gasteiger partial charge in [0.1, 0.15) is 18.3 Å². The zero-order valence-electron chi connectivity index (χ0n) is 7.83. The molecule has 96 valence electrons. The summed E-state index contributed by atoms with van der Waals surface area (Å²) >= 11 is 0. The van der Waals surface area contributed by atoms with Gasteiger partial charge in [0, 0.05) is 0 Å². The van der Waals surface area contributed by atoms with Gasteiger partial charge < -0.3 is 30.3 Å². The highest BCUT2D eigenvalue weighted by molar-refractivity contribution is 7.87. The molecule has 0 unspecified atom stereocenters. The first-order valence-corrected chi connectivity index (χ1v) is 5.60. The average Bonchev–Trinajstić information content (AvgIpc) is 2.18. The van der Waals surface area contributed by atoms with Crippen LogP contribution in [-0.2, 0) is 14.9 Å².